The zero-order valence-electron chi connectivity index (χ0n) is 10.6. The molecule has 1 saturated carbocycles. The summed E-state index contributed by atoms with van der Waals surface area (Å²) in [7, 11) is 0. The number of carboxylic acid groups (broad SMARTS) is 1. The number of aliphatic carboxylic acids is 1. The van der Waals surface area contributed by atoms with Gasteiger partial charge in [0.1, 0.15) is 0 Å². The number of carboxylic acids is 1. The standard InChI is InChI=1S/C12H18N2O5/c15-10(16)7-19-13-11(17)9-2-1-5-14(6-9)12(18)8-3-4-8/h8-9H,1-7H2,(H,13,17)(H,15,16). The molecule has 2 N–H and O–H groups in total. The van der Waals surface area contributed by atoms with Gasteiger partial charge in [0.25, 0.3) is 0 Å². The number of carbonyl (C=O) groups is 3. The first-order valence-corrected chi connectivity index (χ1v) is 6.50. The Morgan fingerprint density at radius 1 is 1.21 bits per heavy atom. The Morgan fingerprint density at radius 3 is 2.58 bits per heavy atom. The summed E-state index contributed by atoms with van der Waals surface area (Å²) in [6.07, 6.45) is 3.38. The number of piperidine rings is 1. The van der Waals surface area contributed by atoms with Crippen molar-refractivity contribution in [2.75, 3.05) is 19.7 Å². The first-order valence-electron chi connectivity index (χ1n) is 6.50. The van der Waals surface area contributed by atoms with Crippen molar-refractivity contribution in [1.29, 1.82) is 0 Å². The molecule has 7 heteroatoms. The molecule has 0 aromatic heterocycles. The molecule has 19 heavy (non-hydrogen) atoms. The van der Waals surface area contributed by atoms with Crippen molar-refractivity contribution in [1.82, 2.24) is 10.4 Å². The lowest BCUT2D eigenvalue weighted by Gasteiger charge is -2.32. The van der Waals surface area contributed by atoms with Crippen LogP contribution in [0.3, 0.4) is 0 Å². The Kier molecular flexibility index (Phi) is 4.36. The summed E-state index contributed by atoms with van der Waals surface area (Å²) < 4.78 is 0. The van der Waals surface area contributed by atoms with Crippen molar-refractivity contribution in [3.63, 3.8) is 0 Å². The van der Waals surface area contributed by atoms with Crippen molar-refractivity contribution >= 4 is 17.8 Å². The highest BCUT2D eigenvalue weighted by Crippen LogP contribution is 2.32. The molecule has 0 radical (unpaired) electrons. The summed E-state index contributed by atoms with van der Waals surface area (Å²) in [6.45, 7) is 0.538. The Hall–Kier alpha value is -1.63. The van der Waals surface area contributed by atoms with Crippen LogP contribution in [0.15, 0.2) is 0 Å². The van der Waals surface area contributed by atoms with E-state index < -0.39 is 12.6 Å². The second kappa shape index (κ2) is 6.01. The van der Waals surface area contributed by atoms with Crippen LogP contribution in [0.5, 0.6) is 0 Å². The quantitative estimate of drug-likeness (QED) is 0.673. The van der Waals surface area contributed by atoms with E-state index in [1.54, 1.807) is 4.90 Å². The molecule has 2 amide bonds. The third-order valence-corrected chi connectivity index (χ3v) is 3.40. The second-order valence-electron chi connectivity index (χ2n) is 5.05. The van der Waals surface area contributed by atoms with Crippen LogP contribution in [0.1, 0.15) is 25.7 Å². The molecule has 2 rings (SSSR count). The SMILES string of the molecule is O=C(O)CONC(=O)C1CCCN(C(=O)C2CC2)C1. The van der Waals surface area contributed by atoms with E-state index in [-0.39, 0.29) is 23.7 Å². The molecule has 2 fully saturated rings. The van der Waals surface area contributed by atoms with Gasteiger partial charge in [0, 0.05) is 19.0 Å². The van der Waals surface area contributed by atoms with Crippen LogP contribution in [0.4, 0.5) is 0 Å². The van der Waals surface area contributed by atoms with E-state index in [9.17, 15) is 14.4 Å². The van der Waals surface area contributed by atoms with Crippen LogP contribution in [-0.2, 0) is 19.2 Å². The van der Waals surface area contributed by atoms with Crippen LogP contribution in [-0.4, -0.2) is 47.5 Å². The van der Waals surface area contributed by atoms with Gasteiger partial charge in [-0.05, 0) is 25.7 Å². The number of hydrogen-bond acceptors (Lipinski definition) is 4. The van der Waals surface area contributed by atoms with Crippen molar-refractivity contribution in [2.24, 2.45) is 11.8 Å². The van der Waals surface area contributed by atoms with E-state index in [4.69, 9.17) is 5.11 Å². The molecule has 0 aromatic rings. The van der Waals surface area contributed by atoms with Crippen molar-refractivity contribution in [3.8, 4) is 0 Å². The minimum absolute atomic E-state index is 0.143. The molecule has 0 bridgehead atoms. The lowest BCUT2D eigenvalue weighted by molar-refractivity contribution is -0.151. The molecule has 1 aliphatic carbocycles. The number of rotatable bonds is 5. The highest BCUT2D eigenvalue weighted by molar-refractivity contribution is 5.83. The summed E-state index contributed by atoms with van der Waals surface area (Å²) in [4.78, 5) is 40.2. The largest absolute Gasteiger partial charge is 0.479 e. The van der Waals surface area contributed by atoms with Gasteiger partial charge in [-0.25, -0.2) is 10.3 Å². The third-order valence-electron chi connectivity index (χ3n) is 3.40. The van der Waals surface area contributed by atoms with E-state index in [1.807, 2.05) is 0 Å². The Morgan fingerprint density at radius 2 is 1.95 bits per heavy atom. The Bertz CT molecular complexity index is 380. The van der Waals surface area contributed by atoms with Gasteiger partial charge < -0.3 is 10.0 Å². The van der Waals surface area contributed by atoms with Gasteiger partial charge >= 0.3 is 5.97 Å². The van der Waals surface area contributed by atoms with Gasteiger partial charge in [0.05, 0.1) is 5.92 Å². The molecule has 1 heterocycles. The minimum Gasteiger partial charge on any atom is -0.479 e. The predicted octanol–water partition coefficient (Wildman–Crippen LogP) is -0.233. The number of amides is 2. The highest BCUT2D eigenvalue weighted by Gasteiger charge is 2.36. The van der Waals surface area contributed by atoms with Crippen molar-refractivity contribution in [2.45, 2.75) is 25.7 Å². The topological polar surface area (TPSA) is 95.9 Å². The summed E-state index contributed by atoms with van der Waals surface area (Å²) >= 11 is 0. The average molecular weight is 270 g/mol. The van der Waals surface area contributed by atoms with Crippen LogP contribution in [0.25, 0.3) is 0 Å². The maximum atomic E-state index is 11.9. The summed E-state index contributed by atoms with van der Waals surface area (Å²) in [6, 6.07) is 0. The first kappa shape index (κ1) is 13.8. The number of nitrogens with one attached hydrogen (secondary N) is 1. The van der Waals surface area contributed by atoms with Gasteiger partial charge in [-0.15, -0.1) is 0 Å². The Balaban J connectivity index is 1.77. The Labute approximate surface area is 110 Å². The van der Waals surface area contributed by atoms with Gasteiger partial charge in [-0.1, -0.05) is 0 Å². The fraction of sp³-hybridized carbons (Fsp3) is 0.750. The molecular formula is C12H18N2O5. The van der Waals surface area contributed by atoms with Gasteiger partial charge in [0.15, 0.2) is 6.61 Å². The van der Waals surface area contributed by atoms with Gasteiger partial charge in [0.2, 0.25) is 11.8 Å². The molecule has 2 aliphatic rings. The molecule has 1 unspecified atom stereocenters. The minimum atomic E-state index is -1.14. The van der Waals surface area contributed by atoms with Crippen molar-refractivity contribution in [3.05, 3.63) is 0 Å². The molecular weight excluding hydrogens is 252 g/mol. The zero-order chi connectivity index (χ0) is 13.8. The first-order chi connectivity index (χ1) is 9.08. The molecule has 7 nitrogen and oxygen atoms in total. The average Bonchev–Trinajstić information content (AvgIpc) is 3.22. The fourth-order valence-electron chi connectivity index (χ4n) is 2.23. The summed E-state index contributed by atoms with van der Waals surface area (Å²) in [5.41, 5.74) is 2.13. The van der Waals surface area contributed by atoms with Crippen LogP contribution in [0, 0.1) is 11.8 Å². The molecule has 1 aliphatic heterocycles. The molecule has 1 atom stereocenters. The number of hydrogen-bond donors (Lipinski definition) is 2. The summed E-state index contributed by atoms with van der Waals surface area (Å²) in [5.74, 6) is -1.51. The van der Waals surface area contributed by atoms with E-state index in [0.29, 0.717) is 19.5 Å². The van der Waals surface area contributed by atoms with Crippen molar-refractivity contribution < 1.29 is 24.3 Å². The zero-order valence-corrected chi connectivity index (χ0v) is 10.6. The smallest absolute Gasteiger partial charge is 0.332 e. The molecule has 106 valence electrons. The molecule has 1 saturated heterocycles. The second-order valence-corrected chi connectivity index (χ2v) is 5.05. The maximum absolute atomic E-state index is 11.9. The van der Waals surface area contributed by atoms with Crippen LogP contribution < -0.4 is 5.48 Å². The van der Waals surface area contributed by atoms with Gasteiger partial charge in [-0.3, -0.25) is 14.4 Å². The lowest BCUT2D eigenvalue weighted by Crippen LogP contribution is -2.46. The third kappa shape index (κ3) is 3.92. The van der Waals surface area contributed by atoms with E-state index >= 15 is 0 Å². The molecule has 0 spiro atoms. The number of carbonyl (C=O) groups excluding carboxylic acids is 2. The fourth-order valence-corrected chi connectivity index (χ4v) is 2.23. The number of likely N-dealkylation sites (tertiary alicyclic amines) is 1. The number of nitrogens with zero attached hydrogens (tertiary/aromatic N) is 1. The predicted molar refractivity (Wildman–Crippen MR) is 63.8 cm³/mol. The van der Waals surface area contributed by atoms with Crippen LogP contribution >= 0.6 is 0 Å². The van der Waals surface area contributed by atoms with Gasteiger partial charge in [-0.2, -0.15) is 0 Å². The highest BCUT2D eigenvalue weighted by atomic mass is 16.7. The maximum Gasteiger partial charge on any atom is 0.332 e. The van der Waals surface area contributed by atoms with E-state index in [0.717, 1.165) is 19.3 Å². The van der Waals surface area contributed by atoms with Crippen LogP contribution in [0.2, 0.25) is 0 Å². The monoisotopic (exact) mass is 270 g/mol. The molecule has 0 aromatic carbocycles. The summed E-state index contributed by atoms with van der Waals surface area (Å²) in [5, 5.41) is 8.39. The normalized spacial score (nSPS) is 22.9. The van der Waals surface area contributed by atoms with E-state index in [2.05, 4.69) is 10.3 Å². The number of hydroxylamine groups is 1. The van der Waals surface area contributed by atoms with E-state index in [1.165, 1.54) is 0 Å². The lowest BCUT2D eigenvalue weighted by atomic mass is 9.97.